The van der Waals surface area contributed by atoms with Crippen LogP contribution in [-0.2, 0) is 12.6 Å². The van der Waals surface area contributed by atoms with Crippen LogP contribution < -0.4 is 5.56 Å². The number of aromatic nitrogens is 3. The first-order chi connectivity index (χ1) is 12.3. The third kappa shape index (κ3) is 3.06. The van der Waals surface area contributed by atoms with Crippen molar-refractivity contribution in [2.75, 3.05) is 6.61 Å². The number of aryl methyl sites for hydroxylation is 1. The first-order valence-corrected chi connectivity index (χ1v) is 9.62. The lowest BCUT2D eigenvalue weighted by molar-refractivity contribution is -0.140. The van der Waals surface area contributed by atoms with E-state index >= 15 is 0 Å². The maximum Gasteiger partial charge on any atom is 0.434 e. The van der Waals surface area contributed by atoms with Gasteiger partial charge in [0.25, 0.3) is 5.56 Å². The molecular formula is C16H14F3N3O2S2. The number of aliphatic hydroxyl groups excluding tert-OH is 1. The van der Waals surface area contributed by atoms with E-state index in [-0.39, 0.29) is 35.4 Å². The summed E-state index contributed by atoms with van der Waals surface area (Å²) >= 11 is 2.29. The van der Waals surface area contributed by atoms with Gasteiger partial charge in [0.1, 0.15) is 0 Å². The molecule has 1 aliphatic rings. The van der Waals surface area contributed by atoms with Gasteiger partial charge in [0.2, 0.25) is 0 Å². The topological polar surface area (TPSA) is 67.5 Å². The molecule has 0 bridgehead atoms. The number of thiazole rings is 2. The maximum absolute atomic E-state index is 12.7. The molecule has 5 nitrogen and oxygen atoms in total. The molecule has 0 aromatic carbocycles. The molecule has 3 heterocycles. The first kappa shape index (κ1) is 17.6. The van der Waals surface area contributed by atoms with Gasteiger partial charge in [-0.25, -0.2) is 9.97 Å². The zero-order chi connectivity index (χ0) is 18.6. The standard InChI is InChI=1S/C16H14F3N3O2S2/c1-7-14(10-2-8(10)5-23)22-13(24)4-9(20-15(22)26-7)3-12-21-11(6-25-12)16(17,18)19/h4,6,8,10,23H,2-3,5H2,1H3/t8-,10+/m0/s1. The highest BCUT2D eigenvalue weighted by atomic mass is 32.1. The van der Waals surface area contributed by atoms with Crippen molar-refractivity contribution < 1.29 is 18.3 Å². The Labute approximate surface area is 153 Å². The maximum atomic E-state index is 12.7. The van der Waals surface area contributed by atoms with Gasteiger partial charge in [0.15, 0.2) is 10.7 Å². The van der Waals surface area contributed by atoms with Gasteiger partial charge < -0.3 is 5.11 Å². The molecule has 0 saturated heterocycles. The van der Waals surface area contributed by atoms with Crippen molar-refractivity contribution in [2.24, 2.45) is 5.92 Å². The molecule has 0 aliphatic heterocycles. The monoisotopic (exact) mass is 401 g/mol. The van der Waals surface area contributed by atoms with Crippen LogP contribution in [0.2, 0.25) is 0 Å². The SMILES string of the molecule is Cc1sc2nc(Cc3nc(C(F)(F)F)cs3)cc(=O)n2c1[C@@H]1C[C@H]1CO. The summed E-state index contributed by atoms with van der Waals surface area (Å²) in [5.74, 6) is 0.335. The van der Waals surface area contributed by atoms with E-state index in [1.165, 1.54) is 17.4 Å². The highest BCUT2D eigenvalue weighted by Crippen LogP contribution is 2.49. The smallest absolute Gasteiger partial charge is 0.396 e. The number of alkyl halides is 3. The van der Waals surface area contributed by atoms with E-state index in [2.05, 4.69) is 9.97 Å². The van der Waals surface area contributed by atoms with Crippen molar-refractivity contribution >= 4 is 27.6 Å². The molecule has 0 unspecified atom stereocenters. The Bertz CT molecular complexity index is 1040. The molecule has 3 aromatic heterocycles. The number of nitrogens with zero attached hydrogens (tertiary/aromatic N) is 3. The molecule has 3 aromatic rings. The lowest BCUT2D eigenvalue weighted by Crippen LogP contribution is -2.17. The van der Waals surface area contributed by atoms with Gasteiger partial charge in [0, 0.05) is 41.0 Å². The lowest BCUT2D eigenvalue weighted by Gasteiger charge is -2.03. The van der Waals surface area contributed by atoms with E-state index < -0.39 is 11.9 Å². The van der Waals surface area contributed by atoms with Crippen LogP contribution in [-0.4, -0.2) is 26.1 Å². The Morgan fingerprint density at radius 1 is 1.38 bits per heavy atom. The third-order valence-electron chi connectivity index (χ3n) is 4.47. The minimum absolute atomic E-state index is 0.0848. The Kier molecular flexibility index (Phi) is 4.16. The summed E-state index contributed by atoms with van der Waals surface area (Å²) in [4.78, 5) is 22.1. The van der Waals surface area contributed by atoms with Crippen LogP contribution in [0.4, 0.5) is 13.2 Å². The van der Waals surface area contributed by atoms with Gasteiger partial charge >= 0.3 is 6.18 Å². The van der Waals surface area contributed by atoms with Gasteiger partial charge in [-0.3, -0.25) is 9.20 Å². The minimum Gasteiger partial charge on any atom is -0.396 e. The largest absolute Gasteiger partial charge is 0.434 e. The molecule has 1 N–H and O–H groups in total. The Hall–Kier alpha value is -1.78. The van der Waals surface area contributed by atoms with Crippen molar-refractivity contribution in [1.29, 1.82) is 0 Å². The summed E-state index contributed by atoms with van der Waals surface area (Å²) in [6, 6.07) is 1.35. The van der Waals surface area contributed by atoms with Gasteiger partial charge in [-0.15, -0.1) is 22.7 Å². The number of aliphatic hydroxyl groups is 1. The first-order valence-electron chi connectivity index (χ1n) is 7.92. The summed E-state index contributed by atoms with van der Waals surface area (Å²) in [6.07, 6.45) is -3.54. The van der Waals surface area contributed by atoms with Crippen LogP contribution in [0.25, 0.3) is 4.96 Å². The van der Waals surface area contributed by atoms with Gasteiger partial charge in [-0.2, -0.15) is 13.2 Å². The second kappa shape index (κ2) is 6.14. The Morgan fingerprint density at radius 2 is 2.15 bits per heavy atom. The fraction of sp³-hybridized carbons (Fsp3) is 0.438. The van der Waals surface area contributed by atoms with E-state index in [0.29, 0.717) is 10.7 Å². The number of hydrogen-bond acceptors (Lipinski definition) is 6. The molecule has 2 atom stereocenters. The Balaban J connectivity index is 1.68. The third-order valence-corrected chi connectivity index (χ3v) is 6.29. The van der Waals surface area contributed by atoms with E-state index in [9.17, 15) is 23.1 Å². The fourth-order valence-electron chi connectivity index (χ4n) is 3.12. The summed E-state index contributed by atoms with van der Waals surface area (Å²) in [5, 5.41) is 10.5. The molecule has 0 amide bonds. The van der Waals surface area contributed by atoms with Crippen molar-refractivity contribution in [3.8, 4) is 0 Å². The molecule has 1 fully saturated rings. The normalized spacial score (nSPS) is 20.0. The van der Waals surface area contributed by atoms with Gasteiger partial charge in [-0.05, 0) is 19.3 Å². The van der Waals surface area contributed by atoms with Crippen molar-refractivity contribution in [2.45, 2.75) is 31.9 Å². The summed E-state index contributed by atoms with van der Waals surface area (Å²) in [6.45, 7) is 2.00. The quantitative estimate of drug-likeness (QED) is 0.729. The number of fused-ring (bicyclic) bond motifs is 1. The van der Waals surface area contributed by atoms with Crippen LogP contribution >= 0.6 is 22.7 Å². The van der Waals surface area contributed by atoms with E-state index in [4.69, 9.17) is 0 Å². The number of rotatable bonds is 4. The molecular weight excluding hydrogens is 387 g/mol. The minimum atomic E-state index is -4.47. The summed E-state index contributed by atoms with van der Waals surface area (Å²) in [5.41, 5.74) is 0.121. The van der Waals surface area contributed by atoms with E-state index in [1.807, 2.05) is 6.92 Å². The highest BCUT2D eigenvalue weighted by molar-refractivity contribution is 7.17. The van der Waals surface area contributed by atoms with Crippen molar-refractivity contribution in [3.63, 3.8) is 0 Å². The van der Waals surface area contributed by atoms with Crippen LogP contribution in [0.5, 0.6) is 0 Å². The van der Waals surface area contributed by atoms with E-state index in [1.54, 1.807) is 4.40 Å². The number of hydrogen-bond donors (Lipinski definition) is 1. The van der Waals surface area contributed by atoms with Gasteiger partial charge in [-0.1, -0.05) is 0 Å². The highest BCUT2D eigenvalue weighted by Gasteiger charge is 2.41. The summed E-state index contributed by atoms with van der Waals surface area (Å²) in [7, 11) is 0. The van der Waals surface area contributed by atoms with Crippen LogP contribution in [0, 0.1) is 12.8 Å². The molecule has 0 radical (unpaired) electrons. The van der Waals surface area contributed by atoms with Crippen molar-refractivity contribution in [3.05, 3.63) is 48.8 Å². The summed E-state index contributed by atoms with van der Waals surface area (Å²) < 4.78 is 39.5. The molecule has 1 saturated carbocycles. The zero-order valence-corrected chi connectivity index (χ0v) is 15.2. The predicted molar refractivity (Wildman–Crippen MR) is 91.9 cm³/mol. The molecule has 26 heavy (non-hydrogen) atoms. The molecule has 138 valence electrons. The lowest BCUT2D eigenvalue weighted by atomic mass is 10.2. The second-order valence-electron chi connectivity index (χ2n) is 6.33. The van der Waals surface area contributed by atoms with Crippen LogP contribution in [0.3, 0.4) is 0 Å². The van der Waals surface area contributed by atoms with Crippen LogP contribution in [0.15, 0.2) is 16.2 Å². The average molecular weight is 401 g/mol. The van der Waals surface area contributed by atoms with E-state index in [0.717, 1.165) is 33.7 Å². The van der Waals surface area contributed by atoms with Crippen molar-refractivity contribution in [1.82, 2.24) is 14.4 Å². The Morgan fingerprint density at radius 3 is 2.77 bits per heavy atom. The molecule has 0 spiro atoms. The van der Waals surface area contributed by atoms with Crippen LogP contribution in [0.1, 0.15) is 39.3 Å². The zero-order valence-electron chi connectivity index (χ0n) is 13.6. The predicted octanol–water partition coefficient (Wildman–Crippen LogP) is 3.23. The number of halogens is 3. The molecule has 1 aliphatic carbocycles. The fourth-order valence-corrected chi connectivity index (χ4v) is 5.00. The molecule has 4 rings (SSSR count). The average Bonchev–Trinajstić information content (AvgIpc) is 3.01. The van der Waals surface area contributed by atoms with Gasteiger partial charge in [0.05, 0.1) is 10.7 Å². The molecule has 10 heteroatoms. The second-order valence-corrected chi connectivity index (χ2v) is 8.46.